The van der Waals surface area contributed by atoms with Crippen LogP contribution in [0.2, 0.25) is 0 Å². The first-order valence-electron chi connectivity index (χ1n) is 9.39. The highest BCUT2D eigenvalue weighted by Crippen LogP contribution is 2.16. The van der Waals surface area contributed by atoms with Crippen molar-refractivity contribution < 1.29 is 14.3 Å². The van der Waals surface area contributed by atoms with Gasteiger partial charge in [0.05, 0.1) is 6.42 Å². The van der Waals surface area contributed by atoms with Gasteiger partial charge in [0.2, 0.25) is 0 Å². The normalized spacial score (nSPS) is 10.9. The molecule has 0 radical (unpaired) electrons. The number of rotatable bonds is 9. The van der Waals surface area contributed by atoms with Crippen LogP contribution in [0.15, 0.2) is 78.9 Å². The zero-order valence-corrected chi connectivity index (χ0v) is 15.7. The van der Waals surface area contributed by atoms with Crippen molar-refractivity contribution in [3.63, 3.8) is 0 Å². The largest absolute Gasteiger partial charge is 0.481 e. The van der Waals surface area contributed by atoms with Gasteiger partial charge in [0, 0.05) is 25.2 Å². The van der Waals surface area contributed by atoms with Crippen LogP contribution in [0.25, 0.3) is 0 Å². The van der Waals surface area contributed by atoms with E-state index in [4.69, 9.17) is 5.11 Å². The predicted octanol–water partition coefficient (Wildman–Crippen LogP) is 4.89. The molecule has 0 aliphatic heterocycles. The highest BCUT2D eigenvalue weighted by Gasteiger charge is 2.12. The molecule has 0 saturated carbocycles. The van der Waals surface area contributed by atoms with Crippen molar-refractivity contribution in [2.75, 3.05) is 6.54 Å². The van der Waals surface area contributed by atoms with Crippen molar-refractivity contribution >= 4 is 5.97 Å². The van der Waals surface area contributed by atoms with Crippen LogP contribution < -0.4 is 0 Å². The van der Waals surface area contributed by atoms with Gasteiger partial charge in [0.25, 0.3) is 0 Å². The van der Waals surface area contributed by atoms with Gasteiger partial charge in [0.1, 0.15) is 5.82 Å². The minimum atomic E-state index is -0.851. The van der Waals surface area contributed by atoms with E-state index in [1.165, 1.54) is 17.2 Å². The van der Waals surface area contributed by atoms with Crippen LogP contribution in [0.5, 0.6) is 0 Å². The second kappa shape index (κ2) is 9.81. The highest BCUT2D eigenvalue weighted by atomic mass is 19.1. The van der Waals surface area contributed by atoms with Gasteiger partial charge in [-0.15, -0.1) is 0 Å². The summed E-state index contributed by atoms with van der Waals surface area (Å²) in [4.78, 5) is 13.0. The molecule has 0 unspecified atom stereocenters. The van der Waals surface area contributed by atoms with E-state index in [2.05, 4.69) is 24.3 Å². The fraction of sp³-hybridized carbons (Fsp3) is 0.208. The third-order valence-electron chi connectivity index (χ3n) is 4.64. The summed E-state index contributed by atoms with van der Waals surface area (Å²) in [5.41, 5.74) is 4.12. The quantitative estimate of drug-likeness (QED) is 0.577. The summed E-state index contributed by atoms with van der Waals surface area (Å²) in [7, 11) is 0. The monoisotopic (exact) mass is 377 g/mol. The molecule has 0 amide bonds. The molecule has 0 spiro atoms. The molecule has 0 aliphatic rings. The molecule has 0 atom stereocenters. The first-order chi connectivity index (χ1) is 13.6. The second-order valence-electron chi connectivity index (χ2n) is 6.93. The number of carboxylic acids is 1. The number of aliphatic carboxylic acids is 1. The molecule has 3 nitrogen and oxygen atoms in total. The fourth-order valence-corrected chi connectivity index (χ4v) is 3.26. The summed E-state index contributed by atoms with van der Waals surface area (Å²) in [5.74, 6) is -1.11. The Labute approximate surface area is 165 Å². The van der Waals surface area contributed by atoms with Crippen molar-refractivity contribution in [2.24, 2.45) is 0 Å². The van der Waals surface area contributed by atoms with Crippen LogP contribution in [0.4, 0.5) is 4.39 Å². The first kappa shape index (κ1) is 19.8. The number of carbonyl (C=O) groups is 1. The lowest BCUT2D eigenvalue weighted by molar-refractivity contribution is -0.137. The summed E-state index contributed by atoms with van der Waals surface area (Å²) in [6.07, 6.45) is 0.870. The van der Waals surface area contributed by atoms with Gasteiger partial charge < -0.3 is 5.11 Å². The maximum Gasteiger partial charge on any atom is 0.304 e. The van der Waals surface area contributed by atoms with Crippen molar-refractivity contribution in [2.45, 2.75) is 25.9 Å². The molecule has 3 aromatic rings. The van der Waals surface area contributed by atoms with Crippen molar-refractivity contribution in [1.82, 2.24) is 4.90 Å². The molecule has 0 fully saturated rings. The van der Waals surface area contributed by atoms with E-state index in [0.29, 0.717) is 25.2 Å². The predicted molar refractivity (Wildman–Crippen MR) is 108 cm³/mol. The zero-order chi connectivity index (χ0) is 19.8. The smallest absolute Gasteiger partial charge is 0.304 e. The Morgan fingerprint density at radius 1 is 0.821 bits per heavy atom. The number of benzene rings is 3. The second-order valence-corrected chi connectivity index (χ2v) is 6.93. The Hall–Kier alpha value is -2.98. The van der Waals surface area contributed by atoms with Crippen LogP contribution in [0.3, 0.4) is 0 Å². The molecule has 0 aromatic heterocycles. The summed E-state index contributed by atoms with van der Waals surface area (Å²) >= 11 is 0. The van der Waals surface area contributed by atoms with Gasteiger partial charge in [-0.1, -0.05) is 72.8 Å². The van der Waals surface area contributed by atoms with Crippen LogP contribution in [-0.2, 0) is 24.3 Å². The Balaban J connectivity index is 1.73. The number of hydrogen-bond acceptors (Lipinski definition) is 2. The van der Waals surface area contributed by atoms with E-state index in [1.807, 2.05) is 35.2 Å². The van der Waals surface area contributed by atoms with Crippen LogP contribution in [0.1, 0.15) is 28.7 Å². The van der Waals surface area contributed by atoms with E-state index in [0.717, 1.165) is 12.0 Å². The van der Waals surface area contributed by atoms with Gasteiger partial charge in [0.15, 0.2) is 0 Å². The van der Waals surface area contributed by atoms with Gasteiger partial charge in [-0.05, 0) is 29.2 Å². The average molecular weight is 377 g/mol. The molecular formula is C24H24FNO2. The SMILES string of the molecule is O=C(O)CCN(Cc1cccc(Cc2ccccc2)c1)Cc1ccccc1F. The number of hydrogen-bond donors (Lipinski definition) is 1. The standard InChI is InChI=1S/C24H24FNO2/c25-23-12-5-4-11-22(23)18-26(14-13-24(27)28)17-21-10-6-9-20(16-21)15-19-7-2-1-3-8-19/h1-12,16H,13-15,17-18H2,(H,27,28). The Morgan fingerprint density at radius 3 is 2.25 bits per heavy atom. The third-order valence-corrected chi connectivity index (χ3v) is 4.64. The summed E-state index contributed by atoms with van der Waals surface area (Å²) in [6, 6.07) is 25.2. The maximum atomic E-state index is 14.1. The lowest BCUT2D eigenvalue weighted by Crippen LogP contribution is -2.26. The molecule has 0 heterocycles. The lowest BCUT2D eigenvalue weighted by atomic mass is 10.0. The molecule has 3 rings (SSSR count). The third kappa shape index (κ3) is 6.03. The van der Waals surface area contributed by atoms with Crippen LogP contribution >= 0.6 is 0 Å². The minimum Gasteiger partial charge on any atom is -0.481 e. The van der Waals surface area contributed by atoms with E-state index < -0.39 is 5.97 Å². The fourth-order valence-electron chi connectivity index (χ4n) is 3.26. The van der Waals surface area contributed by atoms with Gasteiger partial charge >= 0.3 is 5.97 Å². The molecule has 0 saturated heterocycles. The van der Waals surface area contributed by atoms with E-state index in [1.54, 1.807) is 18.2 Å². The van der Waals surface area contributed by atoms with Crippen molar-refractivity contribution in [3.8, 4) is 0 Å². The van der Waals surface area contributed by atoms with E-state index in [-0.39, 0.29) is 12.2 Å². The molecule has 4 heteroatoms. The number of carboxylic acid groups (broad SMARTS) is 1. The van der Waals surface area contributed by atoms with Gasteiger partial charge in [-0.2, -0.15) is 0 Å². The average Bonchev–Trinajstić information content (AvgIpc) is 2.69. The van der Waals surface area contributed by atoms with Gasteiger partial charge in [-0.3, -0.25) is 9.69 Å². The Morgan fingerprint density at radius 2 is 1.50 bits per heavy atom. The highest BCUT2D eigenvalue weighted by molar-refractivity contribution is 5.66. The van der Waals surface area contributed by atoms with Gasteiger partial charge in [-0.25, -0.2) is 4.39 Å². The topological polar surface area (TPSA) is 40.5 Å². The zero-order valence-electron chi connectivity index (χ0n) is 15.7. The number of halogens is 1. The summed E-state index contributed by atoms with van der Waals surface area (Å²) in [6.45, 7) is 1.32. The molecule has 144 valence electrons. The number of nitrogens with zero attached hydrogens (tertiary/aromatic N) is 1. The van der Waals surface area contributed by atoms with Crippen molar-refractivity contribution in [1.29, 1.82) is 0 Å². The van der Waals surface area contributed by atoms with E-state index in [9.17, 15) is 9.18 Å². The van der Waals surface area contributed by atoms with Crippen LogP contribution in [-0.4, -0.2) is 22.5 Å². The van der Waals surface area contributed by atoms with E-state index >= 15 is 0 Å². The Kier molecular flexibility index (Phi) is 6.93. The molecule has 28 heavy (non-hydrogen) atoms. The van der Waals surface area contributed by atoms with Crippen LogP contribution in [0, 0.1) is 5.82 Å². The molecule has 1 N–H and O–H groups in total. The van der Waals surface area contributed by atoms with Crippen molar-refractivity contribution in [3.05, 3.63) is 107 Å². The first-order valence-corrected chi connectivity index (χ1v) is 9.39. The molecule has 0 bridgehead atoms. The Bertz CT molecular complexity index is 911. The molecular weight excluding hydrogens is 353 g/mol. The summed E-state index contributed by atoms with van der Waals surface area (Å²) < 4.78 is 14.1. The summed E-state index contributed by atoms with van der Waals surface area (Å²) in [5, 5.41) is 9.06. The minimum absolute atomic E-state index is 0.0260. The lowest BCUT2D eigenvalue weighted by Gasteiger charge is -2.22. The maximum absolute atomic E-state index is 14.1. The molecule has 3 aromatic carbocycles. The molecule has 0 aliphatic carbocycles.